The molecule has 2 aromatic carbocycles. The van der Waals surface area contributed by atoms with E-state index in [0.29, 0.717) is 17.6 Å². The number of hydrogen-bond donors (Lipinski definition) is 0. The second-order valence-electron chi connectivity index (χ2n) is 11.4. The van der Waals surface area contributed by atoms with E-state index in [2.05, 4.69) is 75.7 Å². The summed E-state index contributed by atoms with van der Waals surface area (Å²) in [4.78, 5) is 5.18. The van der Waals surface area contributed by atoms with Crippen LogP contribution in [0.15, 0.2) is 24.3 Å². The van der Waals surface area contributed by atoms with Crippen LogP contribution in [0.5, 0.6) is 11.5 Å². The normalized spacial score (nSPS) is 21.3. The van der Waals surface area contributed by atoms with Crippen LogP contribution in [0, 0.1) is 33.6 Å². The van der Waals surface area contributed by atoms with Crippen molar-refractivity contribution in [2.75, 3.05) is 60.7 Å². The zero-order valence-electron chi connectivity index (χ0n) is 25.0. The van der Waals surface area contributed by atoms with Crippen LogP contribution in [0.2, 0.25) is 0 Å². The minimum atomic E-state index is -0.534. The standard InChI is InChI=1S/C32H49N2O3P/c1-22-18-27(19-23(2)31(22)35-7)38(28-20-24(3)32(36-8)25(4)21-28)30-11-9-10-29(30)26(5)33(6)12-13-34-14-16-37-17-15-34/h18-21,26,29-30H,9-17H2,1-8H3/t26?,29-,30-/m0/s1. The van der Waals surface area contributed by atoms with Crippen LogP contribution in [0.1, 0.15) is 48.4 Å². The first-order valence-corrected chi connectivity index (χ1v) is 15.8. The van der Waals surface area contributed by atoms with Gasteiger partial charge in [-0.05, 0) is 131 Å². The Balaban J connectivity index is 1.66. The third-order valence-electron chi connectivity index (χ3n) is 8.91. The number of benzene rings is 2. The molecule has 0 bridgehead atoms. The van der Waals surface area contributed by atoms with Gasteiger partial charge in [0.2, 0.25) is 0 Å². The number of nitrogens with zero attached hydrogens (tertiary/aromatic N) is 2. The number of morpholine rings is 1. The number of rotatable bonds is 10. The summed E-state index contributed by atoms with van der Waals surface area (Å²) in [6.45, 7) is 17.4. The predicted octanol–water partition coefficient (Wildman–Crippen LogP) is 5.19. The van der Waals surface area contributed by atoms with Crippen molar-refractivity contribution in [2.24, 2.45) is 5.92 Å². The smallest absolute Gasteiger partial charge is 0.124 e. The van der Waals surface area contributed by atoms with Crippen LogP contribution in [0.3, 0.4) is 0 Å². The lowest BCUT2D eigenvalue weighted by atomic mass is 9.98. The molecule has 0 aromatic heterocycles. The maximum absolute atomic E-state index is 5.75. The van der Waals surface area contributed by atoms with Crippen LogP contribution in [-0.4, -0.2) is 82.2 Å². The fourth-order valence-corrected chi connectivity index (χ4v) is 10.4. The molecule has 1 unspecified atom stereocenters. The third kappa shape index (κ3) is 6.39. The average molecular weight is 541 g/mol. The van der Waals surface area contributed by atoms with Gasteiger partial charge in [0.1, 0.15) is 11.5 Å². The topological polar surface area (TPSA) is 34.2 Å². The largest absolute Gasteiger partial charge is 0.496 e. The van der Waals surface area contributed by atoms with Gasteiger partial charge in [-0.25, -0.2) is 0 Å². The minimum Gasteiger partial charge on any atom is -0.496 e. The highest BCUT2D eigenvalue weighted by atomic mass is 31.1. The number of ether oxygens (including phenoxy) is 3. The predicted molar refractivity (Wildman–Crippen MR) is 162 cm³/mol. The Labute approximate surface area is 232 Å². The lowest BCUT2D eigenvalue weighted by Gasteiger charge is -2.38. The molecular weight excluding hydrogens is 491 g/mol. The summed E-state index contributed by atoms with van der Waals surface area (Å²) >= 11 is 0. The molecule has 210 valence electrons. The molecule has 2 aromatic rings. The SMILES string of the molecule is COc1c(C)cc(P(c2cc(C)c(OC)c(C)c2)[C@H]2CCC[C@H]2C(C)N(C)CCN2CCOCC2)cc1C. The Morgan fingerprint density at radius 3 is 1.87 bits per heavy atom. The fraction of sp³-hybridized carbons (Fsp3) is 0.625. The highest BCUT2D eigenvalue weighted by Gasteiger charge is 2.39. The van der Waals surface area contributed by atoms with Crippen molar-refractivity contribution in [2.45, 2.75) is 65.6 Å². The van der Waals surface area contributed by atoms with Crippen LogP contribution in [0.25, 0.3) is 0 Å². The number of hydrogen-bond acceptors (Lipinski definition) is 5. The molecule has 6 heteroatoms. The molecule has 1 aliphatic heterocycles. The summed E-state index contributed by atoms with van der Waals surface area (Å²) in [7, 11) is 5.38. The summed E-state index contributed by atoms with van der Waals surface area (Å²) in [6, 6.07) is 10.2. The Hall–Kier alpha value is -1.65. The molecule has 0 N–H and O–H groups in total. The van der Waals surface area contributed by atoms with Gasteiger partial charge >= 0.3 is 0 Å². The molecule has 4 rings (SSSR count). The highest BCUT2D eigenvalue weighted by Crippen LogP contribution is 2.52. The molecule has 5 nitrogen and oxygen atoms in total. The molecule has 1 saturated heterocycles. The molecule has 1 heterocycles. The Morgan fingerprint density at radius 1 is 0.895 bits per heavy atom. The van der Waals surface area contributed by atoms with Gasteiger partial charge in [0.15, 0.2) is 0 Å². The van der Waals surface area contributed by atoms with Crippen LogP contribution < -0.4 is 20.1 Å². The molecule has 3 atom stereocenters. The summed E-state index contributed by atoms with van der Waals surface area (Å²) in [5, 5.41) is 2.97. The van der Waals surface area contributed by atoms with Gasteiger partial charge in [-0.15, -0.1) is 0 Å². The molecule has 1 aliphatic carbocycles. The van der Waals surface area contributed by atoms with E-state index in [-0.39, 0.29) is 0 Å². The van der Waals surface area contributed by atoms with Crippen molar-refractivity contribution in [3.8, 4) is 11.5 Å². The lowest BCUT2D eigenvalue weighted by Crippen LogP contribution is -2.45. The second-order valence-corrected chi connectivity index (χ2v) is 13.9. The van der Waals surface area contributed by atoms with Gasteiger partial charge in [-0.3, -0.25) is 4.90 Å². The fourth-order valence-electron chi connectivity index (χ4n) is 6.82. The van der Waals surface area contributed by atoms with Gasteiger partial charge in [0.25, 0.3) is 0 Å². The van der Waals surface area contributed by atoms with Crippen molar-refractivity contribution in [1.82, 2.24) is 9.80 Å². The van der Waals surface area contributed by atoms with Gasteiger partial charge in [0, 0.05) is 32.2 Å². The first-order valence-electron chi connectivity index (χ1n) is 14.3. The number of likely N-dealkylation sites (N-methyl/N-ethyl adjacent to an activating group) is 1. The lowest BCUT2D eigenvalue weighted by molar-refractivity contribution is 0.0315. The van der Waals surface area contributed by atoms with E-state index in [0.717, 1.165) is 50.9 Å². The van der Waals surface area contributed by atoms with E-state index in [1.165, 1.54) is 52.1 Å². The van der Waals surface area contributed by atoms with Crippen molar-refractivity contribution in [1.29, 1.82) is 0 Å². The molecule has 1 saturated carbocycles. The quantitative estimate of drug-likeness (QED) is 0.388. The van der Waals surface area contributed by atoms with E-state index >= 15 is 0 Å². The van der Waals surface area contributed by atoms with E-state index in [1.54, 1.807) is 14.2 Å². The van der Waals surface area contributed by atoms with Crippen molar-refractivity contribution in [3.63, 3.8) is 0 Å². The Morgan fingerprint density at radius 2 is 1.39 bits per heavy atom. The van der Waals surface area contributed by atoms with E-state index in [1.807, 2.05) is 0 Å². The van der Waals surface area contributed by atoms with Crippen molar-refractivity contribution < 1.29 is 14.2 Å². The maximum Gasteiger partial charge on any atom is 0.124 e. The number of methoxy groups -OCH3 is 2. The zero-order valence-corrected chi connectivity index (χ0v) is 25.9. The van der Waals surface area contributed by atoms with Crippen molar-refractivity contribution >= 4 is 18.5 Å². The maximum atomic E-state index is 5.75. The monoisotopic (exact) mass is 540 g/mol. The molecule has 2 fully saturated rings. The van der Waals surface area contributed by atoms with Crippen LogP contribution >= 0.6 is 7.92 Å². The summed E-state index contributed by atoms with van der Waals surface area (Å²) in [6.07, 6.45) is 3.93. The van der Waals surface area contributed by atoms with Gasteiger partial charge in [-0.2, -0.15) is 0 Å². The molecule has 0 spiro atoms. The molecule has 38 heavy (non-hydrogen) atoms. The molecule has 0 radical (unpaired) electrons. The summed E-state index contributed by atoms with van der Waals surface area (Å²) in [5.41, 5.74) is 5.61. The van der Waals surface area contributed by atoms with Gasteiger partial charge in [-0.1, -0.05) is 6.42 Å². The molecular formula is C32H49N2O3P. The first-order chi connectivity index (χ1) is 18.2. The van der Waals surface area contributed by atoms with E-state index < -0.39 is 7.92 Å². The van der Waals surface area contributed by atoms with Crippen molar-refractivity contribution in [3.05, 3.63) is 46.5 Å². The molecule has 2 aliphatic rings. The first kappa shape index (κ1) is 29.3. The number of aryl methyl sites for hydroxylation is 4. The van der Waals surface area contributed by atoms with Gasteiger partial charge < -0.3 is 19.1 Å². The molecule has 0 amide bonds. The highest BCUT2D eigenvalue weighted by molar-refractivity contribution is 7.73. The van der Waals surface area contributed by atoms with Gasteiger partial charge in [0.05, 0.1) is 27.4 Å². The second kappa shape index (κ2) is 13.1. The average Bonchev–Trinajstić information content (AvgIpc) is 3.36. The summed E-state index contributed by atoms with van der Waals surface area (Å²) in [5.74, 6) is 2.72. The Kier molecular flexibility index (Phi) is 10.1. The van der Waals surface area contributed by atoms with Crippen LogP contribution in [0.4, 0.5) is 0 Å². The van der Waals surface area contributed by atoms with E-state index in [9.17, 15) is 0 Å². The summed E-state index contributed by atoms with van der Waals surface area (Å²) < 4.78 is 17.1. The third-order valence-corrected chi connectivity index (χ3v) is 11.8. The van der Waals surface area contributed by atoms with Crippen LogP contribution in [-0.2, 0) is 4.74 Å². The minimum absolute atomic E-state index is 0.534. The van der Waals surface area contributed by atoms with E-state index in [4.69, 9.17) is 14.2 Å². The Bertz CT molecular complexity index is 979. The zero-order chi connectivity index (χ0) is 27.4.